The number of likely N-dealkylation sites (tertiary alicyclic amines) is 1. The third kappa shape index (κ3) is 4.69. The fraction of sp³-hybridized carbons (Fsp3) is 0.259. The number of pyridine rings is 2. The number of Topliss-reactive ketones (excluding diaryl/α,β-unsaturated/α-hetero) is 1. The Kier molecular flexibility index (Phi) is 6.72. The second-order valence-corrected chi connectivity index (χ2v) is 8.73. The molecule has 1 saturated heterocycles. The molecule has 0 spiro atoms. The van der Waals surface area contributed by atoms with Crippen LogP contribution in [0.25, 0.3) is 5.76 Å². The van der Waals surface area contributed by atoms with Crippen molar-refractivity contribution in [2.45, 2.75) is 33.4 Å². The van der Waals surface area contributed by atoms with Gasteiger partial charge in [-0.2, -0.15) is 0 Å². The lowest BCUT2D eigenvalue weighted by atomic mass is 9.97. The lowest BCUT2D eigenvalue weighted by Crippen LogP contribution is -2.29. The van der Waals surface area contributed by atoms with E-state index in [0.29, 0.717) is 29.5 Å². The van der Waals surface area contributed by atoms with E-state index in [0.717, 1.165) is 11.1 Å². The van der Waals surface area contributed by atoms with Gasteiger partial charge >= 0.3 is 0 Å². The third-order valence-corrected chi connectivity index (χ3v) is 5.60. The molecule has 0 aliphatic carbocycles. The Labute approximate surface area is 198 Å². The lowest BCUT2D eigenvalue weighted by molar-refractivity contribution is -0.140. The number of nitrogens with zero attached hydrogens (tertiary/aromatic N) is 3. The highest BCUT2D eigenvalue weighted by Crippen LogP contribution is 2.39. The Balaban J connectivity index is 1.77. The molecule has 3 aromatic rings. The SMILES string of the molecule is Cc1cc(/C(O)=C2/C(=O)C(=O)N(Cc3cccnc3)C2c2ccccn2)ccc1OCC(C)C. The van der Waals surface area contributed by atoms with Gasteiger partial charge in [0.05, 0.1) is 17.9 Å². The van der Waals surface area contributed by atoms with Crippen molar-refractivity contribution >= 4 is 17.4 Å². The second kappa shape index (κ2) is 9.87. The van der Waals surface area contributed by atoms with Gasteiger partial charge < -0.3 is 14.7 Å². The number of ether oxygens (including phenoxy) is 1. The van der Waals surface area contributed by atoms with Gasteiger partial charge in [-0.3, -0.25) is 19.6 Å². The highest BCUT2D eigenvalue weighted by atomic mass is 16.5. The van der Waals surface area contributed by atoms with Crippen molar-refractivity contribution in [3.05, 3.63) is 95.1 Å². The monoisotopic (exact) mass is 457 g/mol. The number of hydrogen-bond acceptors (Lipinski definition) is 6. The Morgan fingerprint density at radius 3 is 2.59 bits per heavy atom. The van der Waals surface area contributed by atoms with Crippen LogP contribution < -0.4 is 4.74 Å². The normalized spacial score (nSPS) is 17.4. The number of benzene rings is 1. The van der Waals surface area contributed by atoms with Crippen molar-refractivity contribution in [3.63, 3.8) is 0 Å². The number of carbonyl (C=O) groups is 2. The fourth-order valence-electron chi connectivity index (χ4n) is 3.95. The first-order valence-electron chi connectivity index (χ1n) is 11.2. The minimum atomic E-state index is -0.821. The van der Waals surface area contributed by atoms with E-state index in [1.807, 2.05) is 13.0 Å². The van der Waals surface area contributed by atoms with Crippen LogP contribution in [0.3, 0.4) is 0 Å². The van der Waals surface area contributed by atoms with Crippen molar-refractivity contribution in [2.24, 2.45) is 5.92 Å². The van der Waals surface area contributed by atoms with Crippen molar-refractivity contribution in [3.8, 4) is 5.75 Å². The summed E-state index contributed by atoms with van der Waals surface area (Å²) in [6.45, 7) is 6.75. The summed E-state index contributed by atoms with van der Waals surface area (Å²) in [6.07, 6.45) is 4.89. The van der Waals surface area contributed by atoms with Gasteiger partial charge in [0, 0.05) is 30.7 Å². The molecule has 34 heavy (non-hydrogen) atoms. The van der Waals surface area contributed by atoms with E-state index in [1.165, 1.54) is 4.90 Å². The molecule has 2 aromatic heterocycles. The van der Waals surface area contributed by atoms with Crippen LogP contribution in [-0.2, 0) is 16.1 Å². The first-order valence-corrected chi connectivity index (χ1v) is 11.2. The Morgan fingerprint density at radius 2 is 1.94 bits per heavy atom. The Morgan fingerprint density at radius 1 is 1.12 bits per heavy atom. The van der Waals surface area contributed by atoms with Crippen molar-refractivity contribution in [1.29, 1.82) is 0 Å². The van der Waals surface area contributed by atoms with Crippen LogP contribution in [0, 0.1) is 12.8 Å². The summed E-state index contributed by atoms with van der Waals surface area (Å²) in [5, 5.41) is 11.3. The number of carbonyl (C=O) groups excluding carboxylic acids is 2. The molecule has 1 fully saturated rings. The first-order chi connectivity index (χ1) is 16.4. The first kappa shape index (κ1) is 23.2. The summed E-state index contributed by atoms with van der Waals surface area (Å²) in [5.74, 6) is -0.573. The molecule has 1 aliphatic heterocycles. The zero-order chi connectivity index (χ0) is 24.2. The quantitative estimate of drug-likeness (QED) is 0.320. The molecule has 1 aromatic carbocycles. The molecule has 0 saturated carbocycles. The summed E-state index contributed by atoms with van der Waals surface area (Å²) in [5.41, 5.74) is 2.55. The van der Waals surface area contributed by atoms with E-state index in [2.05, 4.69) is 23.8 Å². The minimum Gasteiger partial charge on any atom is -0.507 e. The van der Waals surface area contributed by atoms with Crippen LogP contribution in [0.1, 0.15) is 42.3 Å². The van der Waals surface area contributed by atoms with Crippen LogP contribution in [0.5, 0.6) is 5.75 Å². The van der Waals surface area contributed by atoms with E-state index in [4.69, 9.17) is 4.74 Å². The van der Waals surface area contributed by atoms with Crippen LogP contribution in [-0.4, -0.2) is 38.3 Å². The average Bonchev–Trinajstić information content (AvgIpc) is 3.09. The number of ketones is 1. The topological polar surface area (TPSA) is 92.6 Å². The number of aryl methyl sites for hydroxylation is 1. The molecule has 7 heteroatoms. The molecule has 4 rings (SSSR count). The number of rotatable bonds is 7. The van der Waals surface area contributed by atoms with Gasteiger partial charge in [-0.1, -0.05) is 26.0 Å². The Bertz CT molecular complexity index is 1220. The predicted molar refractivity (Wildman–Crippen MR) is 128 cm³/mol. The lowest BCUT2D eigenvalue weighted by Gasteiger charge is -2.24. The zero-order valence-corrected chi connectivity index (χ0v) is 19.4. The van der Waals surface area contributed by atoms with Crippen molar-refractivity contribution in [1.82, 2.24) is 14.9 Å². The van der Waals surface area contributed by atoms with Gasteiger partial charge in [0.25, 0.3) is 11.7 Å². The number of aromatic nitrogens is 2. The molecule has 0 bridgehead atoms. The summed E-state index contributed by atoms with van der Waals surface area (Å²) >= 11 is 0. The highest BCUT2D eigenvalue weighted by Gasteiger charge is 2.46. The molecular formula is C27H27N3O4. The second-order valence-electron chi connectivity index (χ2n) is 8.73. The molecule has 1 unspecified atom stereocenters. The number of aliphatic hydroxyl groups excluding tert-OH is 1. The molecular weight excluding hydrogens is 430 g/mol. The van der Waals surface area contributed by atoms with Crippen LogP contribution in [0.15, 0.2) is 72.7 Å². The molecule has 1 N–H and O–H groups in total. The smallest absolute Gasteiger partial charge is 0.296 e. The molecule has 1 amide bonds. The Hall–Kier alpha value is -4.00. The van der Waals surface area contributed by atoms with Crippen LogP contribution in [0.2, 0.25) is 0 Å². The van der Waals surface area contributed by atoms with E-state index in [-0.39, 0.29) is 17.9 Å². The fourth-order valence-corrected chi connectivity index (χ4v) is 3.95. The predicted octanol–water partition coefficient (Wildman–Crippen LogP) is 4.44. The molecule has 3 heterocycles. The molecule has 1 atom stereocenters. The molecule has 0 radical (unpaired) electrons. The van der Waals surface area contributed by atoms with Gasteiger partial charge in [0.1, 0.15) is 17.6 Å². The van der Waals surface area contributed by atoms with E-state index < -0.39 is 17.7 Å². The standard InChI is InChI=1S/C27H27N3O4/c1-17(2)16-34-22-10-9-20(13-18(22)3)25(31)23-24(21-8-4-5-12-29-21)30(27(33)26(23)32)15-19-7-6-11-28-14-19/h4-14,17,24,31H,15-16H2,1-3H3/b25-23-. The maximum atomic E-state index is 13.2. The van der Waals surface area contributed by atoms with E-state index in [1.54, 1.807) is 61.1 Å². The highest BCUT2D eigenvalue weighted by molar-refractivity contribution is 6.46. The van der Waals surface area contributed by atoms with Crippen molar-refractivity contribution in [2.75, 3.05) is 6.61 Å². The van der Waals surface area contributed by atoms with Gasteiger partial charge in [-0.05, 0) is 60.4 Å². The van der Waals surface area contributed by atoms with Gasteiger partial charge in [-0.15, -0.1) is 0 Å². The largest absolute Gasteiger partial charge is 0.507 e. The number of amides is 1. The third-order valence-electron chi connectivity index (χ3n) is 5.60. The molecule has 174 valence electrons. The molecule has 7 nitrogen and oxygen atoms in total. The minimum absolute atomic E-state index is 0.0165. The number of aliphatic hydroxyl groups is 1. The summed E-state index contributed by atoms with van der Waals surface area (Å²) in [4.78, 5) is 36.2. The van der Waals surface area contributed by atoms with Crippen molar-refractivity contribution < 1.29 is 19.4 Å². The van der Waals surface area contributed by atoms with Gasteiger partial charge in [0.2, 0.25) is 0 Å². The van der Waals surface area contributed by atoms with Crippen LogP contribution in [0.4, 0.5) is 0 Å². The maximum absolute atomic E-state index is 13.2. The summed E-state index contributed by atoms with van der Waals surface area (Å²) in [7, 11) is 0. The molecule has 1 aliphatic rings. The summed E-state index contributed by atoms with van der Waals surface area (Å²) in [6, 6.07) is 13.3. The average molecular weight is 458 g/mol. The van der Waals surface area contributed by atoms with E-state index >= 15 is 0 Å². The van der Waals surface area contributed by atoms with Gasteiger partial charge in [0.15, 0.2) is 0 Å². The van der Waals surface area contributed by atoms with E-state index in [9.17, 15) is 14.7 Å². The number of hydrogen-bond donors (Lipinski definition) is 1. The summed E-state index contributed by atoms with van der Waals surface area (Å²) < 4.78 is 5.83. The maximum Gasteiger partial charge on any atom is 0.296 e. The van der Waals surface area contributed by atoms with Gasteiger partial charge in [-0.25, -0.2) is 0 Å². The zero-order valence-electron chi connectivity index (χ0n) is 19.4. The van der Waals surface area contributed by atoms with Crippen LogP contribution >= 0.6 is 0 Å².